The van der Waals surface area contributed by atoms with E-state index in [1.807, 2.05) is 35.9 Å². The van der Waals surface area contributed by atoms with Crippen molar-refractivity contribution in [3.8, 4) is 11.5 Å². The number of ether oxygens (including phenoxy) is 1. The molecule has 124 valence electrons. The summed E-state index contributed by atoms with van der Waals surface area (Å²) in [7, 11) is -1.52. The van der Waals surface area contributed by atoms with Crippen molar-refractivity contribution in [3.63, 3.8) is 0 Å². The van der Waals surface area contributed by atoms with Crippen LogP contribution in [0.15, 0.2) is 24.3 Å². The Hall–Kier alpha value is -1.64. The van der Waals surface area contributed by atoms with Crippen molar-refractivity contribution < 1.29 is 4.74 Å². The van der Waals surface area contributed by atoms with E-state index in [0.29, 0.717) is 6.61 Å². The Balaban J connectivity index is 2.60. The van der Waals surface area contributed by atoms with Crippen LogP contribution in [0.3, 0.4) is 0 Å². The molecule has 1 aromatic heterocycles. The molecule has 0 fully saturated rings. The van der Waals surface area contributed by atoms with Gasteiger partial charge in [-0.15, -0.1) is 10.6 Å². The largest absolute Gasteiger partial charge is 0.344 e. The minimum atomic E-state index is -1.52. The lowest BCUT2D eigenvalue weighted by atomic mass is 10.1. The van der Waals surface area contributed by atoms with E-state index in [2.05, 4.69) is 48.3 Å². The normalized spacial score (nSPS) is 14.3. The summed E-state index contributed by atoms with van der Waals surface area (Å²) in [6, 6.07) is 7.99. The Kier molecular flexibility index (Phi) is 5.61. The van der Waals surface area contributed by atoms with Gasteiger partial charge in [-0.05, 0) is 25.5 Å². The van der Waals surface area contributed by atoms with Crippen molar-refractivity contribution in [3.05, 3.63) is 24.3 Å². The molecule has 0 N–H and O–H groups in total. The summed E-state index contributed by atoms with van der Waals surface area (Å²) in [5.41, 5.74) is 4.62. The third-order valence-electron chi connectivity index (χ3n) is 3.58. The first-order valence-corrected chi connectivity index (χ1v) is 11.9. The van der Waals surface area contributed by atoms with Gasteiger partial charge in [-0.3, -0.25) is 0 Å². The quantitative estimate of drug-likeness (QED) is 0.589. The van der Waals surface area contributed by atoms with Crippen LogP contribution in [0.4, 0.5) is 0 Å². The molecule has 2 rings (SSSR count). The standard InChI is InChI=1S/C18H27N3OSi/c1-6-8-13-18(22-7-2,14-15-23(3,4)5)21-17-12-10-9-11-16(17)19-20-21/h9-12H,6-8,13H2,1-5H3. The highest BCUT2D eigenvalue weighted by molar-refractivity contribution is 6.83. The predicted octanol–water partition coefficient (Wildman–Crippen LogP) is 4.19. The minimum Gasteiger partial charge on any atom is -0.344 e. The minimum absolute atomic E-state index is 0.596. The number of rotatable bonds is 6. The van der Waals surface area contributed by atoms with Gasteiger partial charge < -0.3 is 4.74 Å². The molecule has 1 atom stereocenters. The number of hydrogen-bond acceptors (Lipinski definition) is 3. The van der Waals surface area contributed by atoms with E-state index in [1.165, 1.54) is 0 Å². The highest BCUT2D eigenvalue weighted by Crippen LogP contribution is 2.28. The van der Waals surface area contributed by atoms with E-state index < -0.39 is 13.8 Å². The number of benzene rings is 1. The Morgan fingerprint density at radius 2 is 1.96 bits per heavy atom. The van der Waals surface area contributed by atoms with Gasteiger partial charge >= 0.3 is 0 Å². The van der Waals surface area contributed by atoms with Crippen LogP contribution in [-0.4, -0.2) is 29.7 Å². The highest BCUT2D eigenvalue weighted by Gasteiger charge is 2.33. The van der Waals surface area contributed by atoms with E-state index in [9.17, 15) is 0 Å². The van der Waals surface area contributed by atoms with Crippen molar-refractivity contribution in [1.29, 1.82) is 0 Å². The summed E-state index contributed by atoms with van der Waals surface area (Å²) in [6.07, 6.45) is 2.95. The molecule has 2 aromatic rings. The Labute approximate surface area is 140 Å². The van der Waals surface area contributed by atoms with Crippen molar-refractivity contribution in [2.24, 2.45) is 0 Å². The first kappa shape index (κ1) is 17.7. The molecule has 0 aliphatic heterocycles. The summed E-state index contributed by atoms with van der Waals surface area (Å²) in [6.45, 7) is 11.5. The third-order valence-corrected chi connectivity index (χ3v) is 4.45. The Bertz CT molecular complexity index is 708. The van der Waals surface area contributed by atoms with Gasteiger partial charge in [0, 0.05) is 13.0 Å². The molecule has 5 heteroatoms. The molecular weight excluding hydrogens is 302 g/mol. The summed E-state index contributed by atoms with van der Waals surface area (Å²) >= 11 is 0. The molecule has 0 amide bonds. The fraction of sp³-hybridized carbons (Fsp3) is 0.556. The fourth-order valence-electron chi connectivity index (χ4n) is 2.47. The smallest absolute Gasteiger partial charge is 0.225 e. The van der Waals surface area contributed by atoms with Crippen molar-refractivity contribution in [2.45, 2.75) is 58.5 Å². The molecule has 0 aliphatic rings. The Morgan fingerprint density at radius 1 is 1.22 bits per heavy atom. The molecule has 0 radical (unpaired) electrons. The van der Waals surface area contributed by atoms with Crippen molar-refractivity contribution in [1.82, 2.24) is 15.0 Å². The van der Waals surface area contributed by atoms with Gasteiger partial charge in [0.15, 0.2) is 0 Å². The first-order valence-electron chi connectivity index (χ1n) is 8.41. The molecule has 0 saturated heterocycles. The van der Waals surface area contributed by atoms with E-state index in [1.54, 1.807) is 0 Å². The predicted molar refractivity (Wildman–Crippen MR) is 97.8 cm³/mol. The van der Waals surface area contributed by atoms with Crippen LogP contribution in [0.25, 0.3) is 11.0 Å². The lowest BCUT2D eigenvalue weighted by Gasteiger charge is -2.29. The van der Waals surface area contributed by atoms with Crippen LogP contribution in [-0.2, 0) is 10.5 Å². The van der Waals surface area contributed by atoms with Crippen LogP contribution in [0.2, 0.25) is 19.6 Å². The van der Waals surface area contributed by atoms with Crippen molar-refractivity contribution >= 4 is 19.1 Å². The number of fused-ring (bicyclic) bond motifs is 1. The lowest BCUT2D eigenvalue weighted by molar-refractivity contribution is -0.0676. The molecule has 1 aromatic carbocycles. The van der Waals surface area contributed by atoms with Crippen LogP contribution in [0.1, 0.15) is 33.1 Å². The van der Waals surface area contributed by atoms with Crippen LogP contribution in [0.5, 0.6) is 0 Å². The monoisotopic (exact) mass is 329 g/mol. The fourth-order valence-corrected chi connectivity index (χ4v) is 3.04. The van der Waals surface area contributed by atoms with Gasteiger partial charge in [-0.25, -0.2) is 4.68 Å². The molecule has 1 unspecified atom stereocenters. The van der Waals surface area contributed by atoms with E-state index in [-0.39, 0.29) is 0 Å². The zero-order chi connectivity index (χ0) is 16.9. The first-order chi connectivity index (χ1) is 10.9. The number of unbranched alkanes of at least 4 members (excludes halogenated alkanes) is 1. The second kappa shape index (κ2) is 7.29. The average molecular weight is 330 g/mol. The SMILES string of the molecule is CCCCC(C#C[Si](C)(C)C)(OCC)n1nnc2ccccc21. The van der Waals surface area contributed by atoms with Gasteiger partial charge in [0.2, 0.25) is 5.72 Å². The molecular formula is C18H27N3OSi. The summed E-state index contributed by atoms with van der Waals surface area (Å²) in [5.74, 6) is 3.45. The zero-order valence-electron chi connectivity index (χ0n) is 14.9. The maximum absolute atomic E-state index is 6.19. The second-order valence-electron chi connectivity index (χ2n) is 6.81. The third kappa shape index (κ3) is 4.21. The van der Waals surface area contributed by atoms with Gasteiger partial charge in [0.05, 0.1) is 5.52 Å². The van der Waals surface area contributed by atoms with Gasteiger partial charge in [-0.2, -0.15) is 0 Å². The molecule has 23 heavy (non-hydrogen) atoms. The van der Waals surface area contributed by atoms with Gasteiger partial charge in [0.1, 0.15) is 13.6 Å². The maximum Gasteiger partial charge on any atom is 0.225 e. The molecule has 1 heterocycles. The summed E-state index contributed by atoms with van der Waals surface area (Å²) < 4.78 is 8.07. The molecule has 0 spiro atoms. The molecule has 0 bridgehead atoms. The van der Waals surface area contributed by atoms with E-state index in [0.717, 1.165) is 30.3 Å². The zero-order valence-corrected chi connectivity index (χ0v) is 15.9. The van der Waals surface area contributed by atoms with E-state index in [4.69, 9.17) is 4.74 Å². The highest BCUT2D eigenvalue weighted by atomic mass is 28.3. The molecule has 0 saturated carbocycles. The van der Waals surface area contributed by atoms with Crippen LogP contribution >= 0.6 is 0 Å². The van der Waals surface area contributed by atoms with Crippen LogP contribution in [0, 0.1) is 11.5 Å². The van der Waals surface area contributed by atoms with Gasteiger partial charge in [-0.1, -0.05) is 56.3 Å². The summed E-state index contributed by atoms with van der Waals surface area (Å²) in [4.78, 5) is 0. The number of para-hydroxylation sites is 1. The number of aromatic nitrogens is 3. The van der Waals surface area contributed by atoms with E-state index >= 15 is 0 Å². The summed E-state index contributed by atoms with van der Waals surface area (Å²) in [5, 5.41) is 8.69. The molecule has 4 nitrogen and oxygen atoms in total. The maximum atomic E-state index is 6.19. The second-order valence-corrected chi connectivity index (χ2v) is 11.6. The van der Waals surface area contributed by atoms with Crippen LogP contribution < -0.4 is 0 Å². The topological polar surface area (TPSA) is 39.9 Å². The van der Waals surface area contributed by atoms with Gasteiger partial charge in [0.25, 0.3) is 0 Å². The number of hydrogen-bond donors (Lipinski definition) is 0. The van der Waals surface area contributed by atoms with Crippen molar-refractivity contribution in [2.75, 3.05) is 6.61 Å². The Morgan fingerprint density at radius 3 is 2.61 bits per heavy atom. The number of nitrogens with zero attached hydrogens (tertiary/aromatic N) is 3. The lowest BCUT2D eigenvalue weighted by Crippen LogP contribution is -2.37. The molecule has 0 aliphatic carbocycles. The average Bonchev–Trinajstić information content (AvgIpc) is 2.94.